The van der Waals surface area contributed by atoms with Crippen LogP contribution in [-0.2, 0) is 4.79 Å². The molecular formula is C22H23F3N4O. The largest absolute Gasteiger partial charge is 0.442 e. The summed E-state index contributed by atoms with van der Waals surface area (Å²) in [7, 11) is 0. The third-order valence-corrected chi connectivity index (χ3v) is 5.61. The molecule has 0 radical (unpaired) electrons. The monoisotopic (exact) mass is 416 g/mol. The summed E-state index contributed by atoms with van der Waals surface area (Å²) < 4.78 is 43.3. The standard InChI is InChI=1S/C22H23F3N4O/c1-15-9-8-14-18(26-15)27-21(22(23,24)25)20(30)29(17-12-6-3-7-13-17)19(28-21)16-10-4-2-5-11-16/h2,4-5,8-11,14,17H,3,6-7,12-13H2,1H3,(H,26,27)/t21-/m1/s1. The lowest BCUT2D eigenvalue weighted by Crippen LogP contribution is -2.59. The van der Waals surface area contributed by atoms with Crippen LogP contribution in [0.5, 0.6) is 0 Å². The predicted octanol–water partition coefficient (Wildman–Crippen LogP) is 4.68. The zero-order valence-corrected chi connectivity index (χ0v) is 16.6. The fourth-order valence-corrected chi connectivity index (χ4v) is 4.13. The van der Waals surface area contributed by atoms with E-state index < -0.39 is 17.7 Å². The number of aliphatic imine (C=N–C) groups is 1. The lowest BCUT2D eigenvalue weighted by Gasteiger charge is -2.34. The zero-order chi connectivity index (χ0) is 21.4. The molecule has 8 heteroatoms. The Balaban J connectivity index is 1.84. The first-order valence-electron chi connectivity index (χ1n) is 10.1. The van der Waals surface area contributed by atoms with Gasteiger partial charge in [0.25, 0.3) is 5.91 Å². The van der Waals surface area contributed by atoms with Crippen LogP contribution in [0.25, 0.3) is 0 Å². The summed E-state index contributed by atoms with van der Waals surface area (Å²) in [6.45, 7) is 1.68. The third-order valence-electron chi connectivity index (χ3n) is 5.61. The molecule has 5 nitrogen and oxygen atoms in total. The van der Waals surface area contributed by atoms with E-state index in [4.69, 9.17) is 0 Å². The number of rotatable bonds is 4. The average Bonchev–Trinajstić information content (AvgIpc) is 3.03. The van der Waals surface area contributed by atoms with Crippen LogP contribution in [0.3, 0.4) is 0 Å². The SMILES string of the molecule is Cc1cccc(N[C@@]2(C(F)(F)F)N=C(c3ccccc3)N(C3CCCCC3)C2=O)n1. The number of pyridine rings is 1. The number of amidine groups is 1. The number of amides is 1. The van der Waals surface area contributed by atoms with E-state index in [1.807, 2.05) is 0 Å². The van der Waals surface area contributed by atoms with Gasteiger partial charge in [0.15, 0.2) is 0 Å². The maximum absolute atomic E-state index is 14.4. The highest BCUT2D eigenvalue weighted by molar-refractivity contribution is 6.16. The molecule has 1 aliphatic heterocycles. The van der Waals surface area contributed by atoms with E-state index in [0.717, 1.165) is 19.3 Å². The summed E-state index contributed by atoms with van der Waals surface area (Å²) in [5, 5.41) is 2.34. The Morgan fingerprint density at radius 1 is 1.03 bits per heavy atom. The number of hydrogen-bond acceptors (Lipinski definition) is 4. The Morgan fingerprint density at radius 3 is 2.37 bits per heavy atom. The number of nitrogens with one attached hydrogen (secondary N) is 1. The van der Waals surface area contributed by atoms with Crippen molar-refractivity contribution < 1.29 is 18.0 Å². The van der Waals surface area contributed by atoms with Gasteiger partial charge in [0, 0.05) is 17.3 Å². The fraction of sp³-hybridized carbons (Fsp3) is 0.409. The van der Waals surface area contributed by atoms with Crippen LogP contribution in [0.4, 0.5) is 19.0 Å². The van der Waals surface area contributed by atoms with Crippen molar-refractivity contribution in [1.82, 2.24) is 9.88 Å². The highest BCUT2D eigenvalue weighted by Crippen LogP contribution is 2.42. The number of carbonyl (C=O) groups is 1. The Labute approximate surface area is 173 Å². The van der Waals surface area contributed by atoms with Gasteiger partial charge < -0.3 is 5.32 Å². The first-order chi connectivity index (χ1) is 14.3. The van der Waals surface area contributed by atoms with Crippen LogP contribution in [-0.4, -0.2) is 39.5 Å². The van der Waals surface area contributed by atoms with Crippen LogP contribution in [0.1, 0.15) is 43.4 Å². The fourth-order valence-electron chi connectivity index (χ4n) is 4.13. The second-order valence-corrected chi connectivity index (χ2v) is 7.77. The Morgan fingerprint density at radius 2 is 1.73 bits per heavy atom. The van der Waals surface area contributed by atoms with Crippen molar-refractivity contribution >= 4 is 17.6 Å². The highest BCUT2D eigenvalue weighted by Gasteiger charge is 2.67. The number of hydrogen-bond donors (Lipinski definition) is 1. The molecule has 1 saturated carbocycles. The maximum atomic E-state index is 14.4. The summed E-state index contributed by atoms with van der Waals surface area (Å²) in [6.07, 6.45) is -0.849. The van der Waals surface area contributed by atoms with E-state index >= 15 is 0 Å². The molecule has 1 aromatic heterocycles. The highest BCUT2D eigenvalue weighted by atomic mass is 19.4. The van der Waals surface area contributed by atoms with Crippen LogP contribution in [0, 0.1) is 6.92 Å². The molecule has 1 fully saturated rings. The molecule has 2 heterocycles. The van der Waals surface area contributed by atoms with Gasteiger partial charge >= 0.3 is 11.8 Å². The van der Waals surface area contributed by atoms with E-state index in [0.29, 0.717) is 24.1 Å². The normalized spacial score (nSPS) is 22.9. The second-order valence-electron chi connectivity index (χ2n) is 7.77. The minimum atomic E-state index is -4.95. The zero-order valence-electron chi connectivity index (χ0n) is 16.6. The van der Waals surface area contributed by atoms with E-state index in [1.54, 1.807) is 49.4 Å². The molecule has 1 aromatic carbocycles. The van der Waals surface area contributed by atoms with E-state index in [2.05, 4.69) is 15.3 Å². The predicted molar refractivity (Wildman–Crippen MR) is 108 cm³/mol. The number of aromatic nitrogens is 1. The van der Waals surface area contributed by atoms with Gasteiger partial charge in [0.2, 0.25) is 0 Å². The molecule has 30 heavy (non-hydrogen) atoms. The molecule has 0 unspecified atom stereocenters. The number of nitrogens with zero attached hydrogens (tertiary/aromatic N) is 3. The molecule has 0 bridgehead atoms. The lowest BCUT2D eigenvalue weighted by molar-refractivity contribution is -0.186. The Kier molecular flexibility index (Phi) is 5.26. The smallest absolute Gasteiger partial charge is 0.331 e. The van der Waals surface area contributed by atoms with Gasteiger partial charge in [-0.2, -0.15) is 13.2 Å². The van der Waals surface area contributed by atoms with Crippen molar-refractivity contribution in [1.29, 1.82) is 0 Å². The minimum Gasteiger partial charge on any atom is -0.331 e. The molecule has 1 N–H and O–H groups in total. The topological polar surface area (TPSA) is 57.6 Å². The van der Waals surface area contributed by atoms with Crippen molar-refractivity contribution in [2.45, 2.75) is 56.9 Å². The molecule has 158 valence electrons. The van der Waals surface area contributed by atoms with Gasteiger partial charge in [-0.25, -0.2) is 9.98 Å². The van der Waals surface area contributed by atoms with Gasteiger partial charge in [-0.05, 0) is 31.9 Å². The van der Waals surface area contributed by atoms with Gasteiger partial charge in [-0.1, -0.05) is 55.7 Å². The number of carbonyl (C=O) groups excluding carboxylic acids is 1. The van der Waals surface area contributed by atoms with Crippen molar-refractivity contribution in [3.63, 3.8) is 0 Å². The minimum absolute atomic E-state index is 0.0395. The summed E-state index contributed by atoms with van der Waals surface area (Å²) in [5.74, 6) is -1.07. The van der Waals surface area contributed by atoms with Gasteiger partial charge in [-0.15, -0.1) is 0 Å². The van der Waals surface area contributed by atoms with Gasteiger partial charge in [-0.3, -0.25) is 9.69 Å². The second kappa shape index (κ2) is 7.74. The number of alkyl halides is 3. The molecule has 2 aliphatic rings. The van der Waals surface area contributed by atoms with E-state index in [1.165, 1.54) is 11.0 Å². The van der Waals surface area contributed by atoms with Crippen molar-refractivity contribution in [2.24, 2.45) is 4.99 Å². The van der Waals surface area contributed by atoms with Gasteiger partial charge in [0.1, 0.15) is 11.7 Å². The number of aryl methyl sites for hydroxylation is 1. The first kappa shape index (κ1) is 20.4. The lowest BCUT2D eigenvalue weighted by atomic mass is 9.93. The average molecular weight is 416 g/mol. The Bertz CT molecular complexity index is 954. The molecule has 1 amide bonds. The van der Waals surface area contributed by atoms with Crippen molar-refractivity contribution in [3.05, 3.63) is 59.8 Å². The summed E-state index contributed by atoms with van der Waals surface area (Å²) in [5.41, 5.74) is -2.07. The molecule has 0 spiro atoms. The van der Waals surface area contributed by atoms with Crippen molar-refractivity contribution in [3.8, 4) is 0 Å². The number of benzene rings is 1. The Hall–Kier alpha value is -2.90. The molecule has 0 saturated heterocycles. The molecule has 1 aliphatic carbocycles. The van der Waals surface area contributed by atoms with Crippen molar-refractivity contribution in [2.75, 3.05) is 5.32 Å². The third kappa shape index (κ3) is 3.55. The van der Waals surface area contributed by atoms with E-state index in [9.17, 15) is 18.0 Å². The summed E-state index contributed by atoms with van der Waals surface area (Å²) >= 11 is 0. The molecule has 2 aromatic rings. The van der Waals surface area contributed by atoms with Crippen LogP contribution in [0.15, 0.2) is 53.5 Å². The maximum Gasteiger partial charge on any atom is 0.442 e. The van der Waals surface area contributed by atoms with Crippen LogP contribution < -0.4 is 5.32 Å². The van der Waals surface area contributed by atoms with E-state index in [-0.39, 0.29) is 17.7 Å². The van der Waals surface area contributed by atoms with Gasteiger partial charge in [0.05, 0.1) is 0 Å². The molecule has 1 atom stereocenters. The van der Waals surface area contributed by atoms with Crippen LogP contribution in [0.2, 0.25) is 0 Å². The number of halogens is 3. The molecule has 4 rings (SSSR count). The summed E-state index contributed by atoms with van der Waals surface area (Å²) in [4.78, 5) is 22.9. The van der Waals surface area contributed by atoms with Crippen LogP contribution >= 0.6 is 0 Å². The summed E-state index contributed by atoms with van der Waals surface area (Å²) in [6, 6.07) is 13.0. The quantitative estimate of drug-likeness (QED) is 0.787. The first-order valence-corrected chi connectivity index (χ1v) is 10.1. The number of anilines is 1. The molecular weight excluding hydrogens is 393 g/mol.